The summed E-state index contributed by atoms with van der Waals surface area (Å²) in [5, 5.41) is 9.79. The Hall–Kier alpha value is -2.33. The van der Waals surface area contributed by atoms with Gasteiger partial charge < -0.3 is 14.4 Å². The van der Waals surface area contributed by atoms with Crippen molar-refractivity contribution in [1.82, 2.24) is 4.90 Å². The summed E-state index contributed by atoms with van der Waals surface area (Å²) in [6.07, 6.45) is 5.37. The van der Waals surface area contributed by atoms with Gasteiger partial charge in [-0.15, -0.1) is 0 Å². The summed E-state index contributed by atoms with van der Waals surface area (Å²) in [4.78, 5) is 14.5. The van der Waals surface area contributed by atoms with Crippen LogP contribution < -0.4 is 0 Å². The molecule has 1 aliphatic rings. The van der Waals surface area contributed by atoms with E-state index in [2.05, 4.69) is 0 Å². The molecule has 1 unspecified atom stereocenters. The molecule has 1 aliphatic carbocycles. The van der Waals surface area contributed by atoms with Crippen LogP contribution in [-0.2, 0) is 11.3 Å². The molecule has 1 N–H and O–H groups in total. The van der Waals surface area contributed by atoms with Gasteiger partial charge in [0.15, 0.2) is 0 Å². The van der Waals surface area contributed by atoms with Gasteiger partial charge in [0.25, 0.3) is 0 Å². The lowest BCUT2D eigenvalue weighted by Crippen LogP contribution is -2.42. The first-order valence-electron chi connectivity index (χ1n) is 8.37. The number of hydrogen-bond donors (Lipinski definition) is 1. The fraction of sp³-hybridized carbons (Fsp3) is 0.350. The van der Waals surface area contributed by atoms with Crippen LogP contribution in [0.1, 0.15) is 29.9 Å². The third-order valence-electron chi connectivity index (χ3n) is 4.38. The minimum atomic E-state index is -0.124. The molecule has 0 radical (unpaired) electrons. The molecule has 1 amide bonds. The fourth-order valence-corrected chi connectivity index (χ4v) is 2.91. The van der Waals surface area contributed by atoms with Gasteiger partial charge in [-0.3, -0.25) is 4.79 Å². The Labute approximate surface area is 142 Å². The smallest absolute Gasteiger partial charge is 0.247 e. The maximum Gasteiger partial charge on any atom is 0.247 e. The first kappa shape index (κ1) is 16.5. The molecule has 1 saturated carbocycles. The van der Waals surface area contributed by atoms with E-state index < -0.39 is 0 Å². The molecule has 1 aromatic carbocycles. The van der Waals surface area contributed by atoms with Gasteiger partial charge in [-0.2, -0.15) is 0 Å². The van der Waals surface area contributed by atoms with Gasteiger partial charge in [-0.25, -0.2) is 0 Å². The van der Waals surface area contributed by atoms with Crippen molar-refractivity contribution in [3.63, 3.8) is 0 Å². The van der Waals surface area contributed by atoms with Gasteiger partial charge in [-0.1, -0.05) is 30.3 Å². The van der Waals surface area contributed by atoms with Crippen LogP contribution in [0.5, 0.6) is 0 Å². The Morgan fingerprint density at radius 2 is 2.04 bits per heavy atom. The maximum atomic E-state index is 12.7. The number of rotatable bonds is 7. The Balaban J connectivity index is 1.77. The summed E-state index contributed by atoms with van der Waals surface area (Å²) in [6, 6.07) is 13.5. The molecule has 1 atom stereocenters. The molecule has 1 heterocycles. The summed E-state index contributed by atoms with van der Waals surface area (Å²) < 4.78 is 5.47. The third kappa shape index (κ3) is 4.15. The minimum Gasteiger partial charge on any atom is -0.462 e. The fourth-order valence-electron chi connectivity index (χ4n) is 2.91. The molecule has 1 fully saturated rings. The molecular formula is C20H23NO3. The van der Waals surface area contributed by atoms with Crippen LogP contribution >= 0.6 is 0 Å². The average molecular weight is 325 g/mol. The van der Waals surface area contributed by atoms with Crippen LogP contribution in [0.4, 0.5) is 0 Å². The molecular weight excluding hydrogens is 302 g/mol. The Bertz CT molecular complexity index is 701. The molecule has 0 spiro atoms. The lowest BCUT2D eigenvalue weighted by molar-refractivity contribution is -0.130. The van der Waals surface area contributed by atoms with E-state index in [4.69, 9.17) is 4.42 Å². The minimum absolute atomic E-state index is 0.00304. The van der Waals surface area contributed by atoms with E-state index in [1.807, 2.05) is 49.4 Å². The maximum absolute atomic E-state index is 12.7. The molecule has 1 aromatic heterocycles. The molecule has 4 nitrogen and oxygen atoms in total. The molecule has 126 valence electrons. The molecule has 2 aromatic rings. The van der Waals surface area contributed by atoms with Crippen molar-refractivity contribution >= 4 is 12.0 Å². The van der Waals surface area contributed by atoms with Crippen LogP contribution in [-0.4, -0.2) is 28.6 Å². The van der Waals surface area contributed by atoms with Crippen molar-refractivity contribution in [1.29, 1.82) is 0 Å². The second-order valence-corrected chi connectivity index (χ2v) is 6.32. The van der Waals surface area contributed by atoms with E-state index >= 15 is 0 Å². The van der Waals surface area contributed by atoms with Crippen LogP contribution in [0.25, 0.3) is 6.08 Å². The highest BCUT2D eigenvalue weighted by atomic mass is 16.3. The number of aliphatic hydroxyl groups is 1. The second kappa shape index (κ2) is 7.49. The van der Waals surface area contributed by atoms with Gasteiger partial charge >= 0.3 is 0 Å². The molecule has 0 saturated heterocycles. The van der Waals surface area contributed by atoms with Crippen LogP contribution in [0.2, 0.25) is 0 Å². The number of furan rings is 1. The summed E-state index contributed by atoms with van der Waals surface area (Å²) in [5.41, 5.74) is 1.06. The lowest BCUT2D eigenvalue weighted by atomic mass is 10.1. The van der Waals surface area contributed by atoms with Crippen LogP contribution in [0.3, 0.4) is 0 Å². The standard InChI is InChI=1S/C20H23NO3/c1-15-7-10-18(24-15)11-12-20(23)21(19(14-22)17-8-9-17)13-16-5-3-2-4-6-16/h2-7,10-12,17,19,22H,8-9,13-14H2,1H3/b12-11+. The number of carbonyl (C=O) groups is 1. The zero-order chi connectivity index (χ0) is 16.9. The van der Waals surface area contributed by atoms with Crippen molar-refractivity contribution in [3.8, 4) is 0 Å². The summed E-state index contributed by atoms with van der Waals surface area (Å²) in [5.74, 6) is 1.78. The zero-order valence-corrected chi connectivity index (χ0v) is 13.9. The van der Waals surface area contributed by atoms with Crippen molar-refractivity contribution in [2.75, 3.05) is 6.61 Å². The largest absolute Gasteiger partial charge is 0.462 e. The number of aryl methyl sites for hydroxylation is 1. The van der Waals surface area contributed by atoms with Crippen molar-refractivity contribution in [3.05, 3.63) is 65.6 Å². The quantitative estimate of drug-likeness (QED) is 0.794. The average Bonchev–Trinajstić information content (AvgIpc) is 3.35. The highest BCUT2D eigenvalue weighted by Crippen LogP contribution is 2.36. The van der Waals surface area contributed by atoms with Gasteiger partial charge in [0, 0.05) is 12.6 Å². The zero-order valence-electron chi connectivity index (χ0n) is 13.9. The van der Waals surface area contributed by atoms with Crippen LogP contribution in [0.15, 0.2) is 53.0 Å². The number of nitrogens with zero attached hydrogens (tertiary/aromatic N) is 1. The lowest BCUT2D eigenvalue weighted by Gasteiger charge is -2.30. The topological polar surface area (TPSA) is 53.7 Å². The number of carbonyl (C=O) groups excluding carboxylic acids is 1. The first-order chi connectivity index (χ1) is 11.7. The first-order valence-corrected chi connectivity index (χ1v) is 8.37. The van der Waals surface area contributed by atoms with Gasteiger partial charge in [0.1, 0.15) is 11.5 Å². The SMILES string of the molecule is Cc1ccc(/C=C/C(=O)N(Cc2ccccc2)C(CO)C2CC2)o1. The van der Waals surface area contributed by atoms with E-state index in [1.54, 1.807) is 11.0 Å². The molecule has 0 bridgehead atoms. The van der Waals surface area contributed by atoms with E-state index in [9.17, 15) is 9.90 Å². The number of benzene rings is 1. The molecule has 4 heteroatoms. The van der Waals surface area contributed by atoms with Crippen molar-refractivity contribution < 1.29 is 14.3 Å². The summed E-state index contributed by atoms with van der Waals surface area (Å²) in [7, 11) is 0. The summed E-state index contributed by atoms with van der Waals surface area (Å²) >= 11 is 0. The van der Waals surface area contributed by atoms with E-state index in [-0.39, 0.29) is 18.6 Å². The third-order valence-corrected chi connectivity index (χ3v) is 4.38. The van der Waals surface area contributed by atoms with Gasteiger partial charge in [0.05, 0.1) is 12.6 Å². The van der Waals surface area contributed by atoms with Crippen LogP contribution in [0, 0.1) is 12.8 Å². The molecule has 0 aliphatic heterocycles. The number of hydrogen-bond acceptors (Lipinski definition) is 3. The highest BCUT2D eigenvalue weighted by molar-refractivity contribution is 5.91. The molecule has 24 heavy (non-hydrogen) atoms. The van der Waals surface area contributed by atoms with Crippen molar-refractivity contribution in [2.24, 2.45) is 5.92 Å². The monoisotopic (exact) mass is 325 g/mol. The van der Waals surface area contributed by atoms with Gasteiger partial charge in [-0.05, 0) is 49.5 Å². The summed E-state index contributed by atoms with van der Waals surface area (Å²) in [6.45, 7) is 2.37. The van der Waals surface area contributed by atoms with Crippen molar-refractivity contribution in [2.45, 2.75) is 32.4 Å². The highest BCUT2D eigenvalue weighted by Gasteiger charge is 2.36. The number of aliphatic hydroxyl groups excluding tert-OH is 1. The van der Waals surface area contributed by atoms with E-state index in [0.29, 0.717) is 18.2 Å². The predicted octanol–water partition coefficient (Wildman–Crippen LogP) is 3.40. The normalized spacial score (nSPS) is 15.6. The number of amides is 1. The van der Waals surface area contributed by atoms with Gasteiger partial charge in [0.2, 0.25) is 5.91 Å². The Kier molecular flexibility index (Phi) is 5.16. The second-order valence-electron chi connectivity index (χ2n) is 6.32. The molecule has 3 rings (SSSR count). The predicted molar refractivity (Wildman–Crippen MR) is 93.1 cm³/mol. The Morgan fingerprint density at radius 3 is 2.62 bits per heavy atom. The van der Waals surface area contributed by atoms with E-state index in [0.717, 1.165) is 24.2 Å². The van der Waals surface area contributed by atoms with E-state index in [1.165, 1.54) is 6.08 Å². The Morgan fingerprint density at radius 1 is 1.29 bits per heavy atom.